The number of carbonyl (C=O) groups is 1. The minimum Gasteiger partial charge on any atom is -0.353 e. The molecule has 0 aliphatic carbocycles. The van der Waals surface area contributed by atoms with E-state index in [1.54, 1.807) is 27.7 Å². The van der Waals surface area contributed by atoms with Gasteiger partial charge in [0.05, 0.1) is 6.20 Å². The molecule has 0 bridgehead atoms. The standard InChI is InChI=1S/C21H19FN8O/c22-16-4-1-3-15(13-16)20-26-25-18-5-6-19(27-30(18)20)28-9-2-10-29(12-11-28)21(31)17-14-23-7-8-24-17/h1,3-8,13-14H,2,9-12H2. The van der Waals surface area contributed by atoms with Crippen LogP contribution >= 0.6 is 0 Å². The summed E-state index contributed by atoms with van der Waals surface area (Å²) in [4.78, 5) is 24.7. The predicted octanol–water partition coefficient (Wildman–Crippen LogP) is 2.07. The van der Waals surface area contributed by atoms with Gasteiger partial charge in [0.2, 0.25) is 0 Å². The lowest BCUT2D eigenvalue weighted by Crippen LogP contribution is -2.36. The Morgan fingerprint density at radius 2 is 1.94 bits per heavy atom. The van der Waals surface area contributed by atoms with Crippen molar-refractivity contribution in [1.82, 2.24) is 34.7 Å². The number of aromatic nitrogens is 6. The summed E-state index contributed by atoms with van der Waals surface area (Å²) in [5.41, 5.74) is 1.53. The molecule has 1 aromatic carbocycles. The van der Waals surface area contributed by atoms with Crippen LogP contribution in [0.3, 0.4) is 0 Å². The monoisotopic (exact) mass is 418 g/mol. The van der Waals surface area contributed by atoms with E-state index >= 15 is 0 Å². The number of amides is 1. The summed E-state index contributed by atoms with van der Waals surface area (Å²) in [5, 5.41) is 13.0. The molecule has 1 saturated heterocycles. The highest BCUT2D eigenvalue weighted by atomic mass is 19.1. The number of benzene rings is 1. The lowest BCUT2D eigenvalue weighted by atomic mass is 10.2. The van der Waals surface area contributed by atoms with Gasteiger partial charge < -0.3 is 9.80 Å². The van der Waals surface area contributed by atoms with Gasteiger partial charge in [0.15, 0.2) is 11.5 Å². The molecule has 5 rings (SSSR count). The van der Waals surface area contributed by atoms with Crippen LogP contribution in [0.15, 0.2) is 55.0 Å². The molecular weight excluding hydrogens is 399 g/mol. The van der Waals surface area contributed by atoms with E-state index in [2.05, 4.69) is 25.1 Å². The zero-order chi connectivity index (χ0) is 21.2. The molecule has 1 amide bonds. The molecular formula is C21H19FN8O. The van der Waals surface area contributed by atoms with Crippen LogP contribution in [0.1, 0.15) is 16.9 Å². The fourth-order valence-electron chi connectivity index (χ4n) is 3.68. The molecule has 0 unspecified atom stereocenters. The van der Waals surface area contributed by atoms with Gasteiger partial charge in [0.25, 0.3) is 5.91 Å². The second-order valence-corrected chi connectivity index (χ2v) is 7.22. The molecule has 0 atom stereocenters. The topological polar surface area (TPSA) is 92.4 Å². The van der Waals surface area contributed by atoms with Crippen molar-refractivity contribution in [3.8, 4) is 11.4 Å². The van der Waals surface area contributed by atoms with Crippen molar-refractivity contribution in [2.75, 3.05) is 31.1 Å². The normalized spacial score (nSPS) is 14.6. The van der Waals surface area contributed by atoms with Crippen molar-refractivity contribution >= 4 is 17.4 Å². The second-order valence-electron chi connectivity index (χ2n) is 7.22. The molecule has 3 aromatic heterocycles. The summed E-state index contributed by atoms with van der Waals surface area (Å²) in [6, 6.07) is 9.93. The Balaban J connectivity index is 1.38. The SMILES string of the molecule is O=C(c1cnccn1)N1CCCN(c2ccc3nnc(-c4cccc(F)c4)n3n2)CC1. The van der Waals surface area contributed by atoms with Crippen LogP contribution in [0.25, 0.3) is 17.0 Å². The van der Waals surface area contributed by atoms with Crippen molar-refractivity contribution in [3.63, 3.8) is 0 Å². The van der Waals surface area contributed by atoms with Crippen molar-refractivity contribution in [2.24, 2.45) is 0 Å². The van der Waals surface area contributed by atoms with Crippen LogP contribution in [0, 0.1) is 5.82 Å². The van der Waals surface area contributed by atoms with E-state index in [0.717, 1.165) is 18.8 Å². The first-order valence-corrected chi connectivity index (χ1v) is 9.98. The molecule has 1 fully saturated rings. The van der Waals surface area contributed by atoms with Gasteiger partial charge in [0.1, 0.15) is 17.3 Å². The largest absolute Gasteiger partial charge is 0.353 e. The van der Waals surface area contributed by atoms with Crippen molar-refractivity contribution < 1.29 is 9.18 Å². The highest BCUT2D eigenvalue weighted by Crippen LogP contribution is 2.21. The average Bonchev–Trinajstić information content (AvgIpc) is 3.07. The van der Waals surface area contributed by atoms with Crippen molar-refractivity contribution in [3.05, 3.63) is 66.5 Å². The lowest BCUT2D eigenvalue weighted by Gasteiger charge is -2.22. The number of carbonyl (C=O) groups excluding carboxylic acids is 1. The van der Waals surface area contributed by atoms with E-state index in [9.17, 15) is 9.18 Å². The second kappa shape index (κ2) is 8.05. The minimum atomic E-state index is -0.342. The lowest BCUT2D eigenvalue weighted by molar-refractivity contribution is 0.0760. The molecule has 0 N–H and O–H groups in total. The quantitative estimate of drug-likeness (QED) is 0.503. The molecule has 31 heavy (non-hydrogen) atoms. The first-order valence-electron chi connectivity index (χ1n) is 9.98. The smallest absolute Gasteiger partial charge is 0.274 e. The number of nitrogens with zero attached hydrogens (tertiary/aromatic N) is 8. The maximum atomic E-state index is 13.7. The van der Waals surface area contributed by atoms with Gasteiger partial charge in [-0.3, -0.25) is 9.78 Å². The van der Waals surface area contributed by atoms with Gasteiger partial charge >= 0.3 is 0 Å². The predicted molar refractivity (Wildman–Crippen MR) is 111 cm³/mol. The molecule has 0 saturated carbocycles. The van der Waals surface area contributed by atoms with E-state index in [0.29, 0.717) is 42.4 Å². The molecule has 10 heteroatoms. The number of hydrogen-bond acceptors (Lipinski definition) is 7. The fourth-order valence-corrected chi connectivity index (χ4v) is 3.68. The first-order chi connectivity index (χ1) is 15.2. The van der Waals surface area contributed by atoms with E-state index in [1.807, 2.05) is 12.1 Å². The zero-order valence-corrected chi connectivity index (χ0v) is 16.6. The Morgan fingerprint density at radius 1 is 1.00 bits per heavy atom. The fraction of sp³-hybridized carbons (Fsp3) is 0.238. The van der Waals surface area contributed by atoms with Gasteiger partial charge in [-0.25, -0.2) is 9.37 Å². The number of halogens is 1. The summed E-state index contributed by atoms with van der Waals surface area (Å²) >= 11 is 0. The number of fused-ring (bicyclic) bond motifs is 1. The molecule has 1 aliphatic rings. The summed E-state index contributed by atoms with van der Waals surface area (Å²) in [6.45, 7) is 2.56. The van der Waals surface area contributed by atoms with Crippen LogP contribution < -0.4 is 4.90 Å². The molecule has 9 nitrogen and oxygen atoms in total. The maximum Gasteiger partial charge on any atom is 0.274 e. The minimum absolute atomic E-state index is 0.120. The summed E-state index contributed by atoms with van der Waals surface area (Å²) in [7, 11) is 0. The number of hydrogen-bond donors (Lipinski definition) is 0. The number of rotatable bonds is 3. The van der Waals surface area contributed by atoms with Gasteiger partial charge in [-0.1, -0.05) is 12.1 Å². The van der Waals surface area contributed by atoms with Crippen molar-refractivity contribution in [2.45, 2.75) is 6.42 Å². The summed E-state index contributed by atoms with van der Waals surface area (Å²) in [5.74, 6) is 0.765. The van der Waals surface area contributed by atoms with E-state index in [-0.39, 0.29) is 11.7 Å². The van der Waals surface area contributed by atoms with E-state index < -0.39 is 0 Å². The van der Waals surface area contributed by atoms with Crippen LogP contribution in [0.2, 0.25) is 0 Å². The highest BCUT2D eigenvalue weighted by molar-refractivity contribution is 5.92. The van der Waals surface area contributed by atoms with Gasteiger partial charge in [0, 0.05) is 44.1 Å². The third-order valence-electron chi connectivity index (χ3n) is 5.22. The van der Waals surface area contributed by atoms with Crippen LogP contribution in [0.5, 0.6) is 0 Å². The zero-order valence-electron chi connectivity index (χ0n) is 16.6. The van der Waals surface area contributed by atoms with E-state index in [4.69, 9.17) is 5.10 Å². The molecule has 4 aromatic rings. The molecule has 4 heterocycles. The average molecular weight is 418 g/mol. The highest BCUT2D eigenvalue weighted by Gasteiger charge is 2.22. The van der Waals surface area contributed by atoms with Crippen LogP contribution in [-0.2, 0) is 0 Å². The third kappa shape index (κ3) is 3.79. The number of anilines is 1. The van der Waals surface area contributed by atoms with Gasteiger partial charge in [-0.05, 0) is 30.7 Å². The Kier molecular flexibility index (Phi) is 4.95. The Hall–Kier alpha value is -3.95. The third-order valence-corrected chi connectivity index (χ3v) is 5.22. The molecule has 1 aliphatic heterocycles. The Bertz CT molecular complexity index is 1230. The van der Waals surface area contributed by atoms with Crippen molar-refractivity contribution in [1.29, 1.82) is 0 Å². The first kappa shape index (κ1) is 19.0. The maximum absolute atomic E-state index is 13.7. The molecule has 0 spiro atoms. The molecule has 156 valence electrons. The van der Waals surface area contributed by atoms with Crippen LogP contribution in [-0.4, -0.2) is 66.8 Å². The van der Waals surface area contributed by atoms with Gasteiger partial charge in [-0.2, -0.15) is 4.52 Å². The Labute approximate surface area is 177 Å². The molecule has 0 radical (unpaired) electrons. The Morgan fingerprint density at radius 3 is 2.77 bits per heavy atom. The van der Waals surface area contributed by atoms with Gasteiger partial charge in [-0.15, -0.1) is 15.3 Å². The van der Waals surface area contributed by atoms with E-state index in [1.165, 1.54) is 24.5 Å². The summed E-state index contributed by atoms with van der Waals surface area (Å²) < 4.78 is 15.3. The van der Waals surface area contributed by atoms with Crippen LogP contribution in [0.4, 0.5) is 10.2 Å². The summed E-state index contributed by atoms with van der Waals surface area (Å²) in [6.07, 6.45) is 5.35.